The van der Waals surface area contributed by atoms with Crippen LogP contribution in [0.2, 0.25) is 0 Å². The molecule has 26 heavy (non-hydrogen) atoms. The standard InChI is InChI=1S/C21H24N2O2S/c1-15-6-8-17(9-7-15)20(24)23-13-21(14-23)10-19(12-26-21)25-11-18-5-3-4-16(2)22-18/h3-9,19H,10-14H2,1-2H3. The molecule has 4 nitrogen and oxygen atoms in total. The first-order valence-electron chi connectivity index (χ1n) is 9.07. The quantitative estimate of drug-likeness (QED) is 0.827. The van der Waals surface area contributed by atoms with Gasteiger partial charge in [0.15, 0.2) is 0 Å². The second kappa shape index (κ2) is 7.05. The molecule has 1 aromatic carbocycles. The first-order chi connectivity index (χ1) is 12.5. The monoisotopic (exact) mass is 368 g/mol. The molecule has 3 heterocycles. The average Bonchev–Trinajstić information content (AvgIpc) is 3.04. The van der Waals surface area contributed by atoms with E-state index in [1.54, 1.807) is 0 Å². The summed E-state index contributed by atoms with van der Waals surface area (Å²) in [5.41, 5.74) is 3.97. The number of hydrogen-bond donors (Lipinski definition) is 0. The molecule has 2 aromatic rings. The van der Waals surface area contributed by atoms with Gasteiger partial charge < -0.3 is 9.64 Å². The van der Waals surface area contributed by atoms with Crippen molar-refractivity contribution in [1.82, 2.24) is 9.88 Å². The Hall–Kier alpha value is -1.85. The summed E-state index contributed by atoms with van der Waals surface area (Å²) in [4.78, 5) is 19.0. The predicted molar refractivity (Wildman–Crippen MR) is 104 cm³/mol. The molecule has 0 aliphatic carbocycles. The number of amides is 1. The van der Waals surface area contributed by atoms with Gasteiger partial charge in [0.1, 0.15) is 0 Å². The highest BCUT2D eigenvalue weighted by Gasteiger charge is 2.50. The molecule has 2 aliphatic heterocycles. The van der Waals surface area contributed by atoms with E-state index in [4.69, 9.17) is 4.74 Å². The van der Waals surface area contributed by atoms with E-state index < -0.39 is 0 Å². The third-order valence-electron chi connectivity index (χ3n) is 5.13. The molecule has 2 aliphatic rings. The summed E-state index contributed by atoms with van der Waals surface area (Å²) in [7, 11) is 0. The third-order valence-corrected chi connectivity index (χ3v) is 6.71. The van der Waals surface area contributed by atoms with E-state index in [1.165, 1.54) is 5.56 Å². The number of nitrogens with zero attached hydrogens (tertiary/aromatic N) is 2. The largest absolute Gasteiger partial charge is 0.371 e. The van der Waals surface area contributed by atoms with Gasteiger partial charge in [-0.15, -0.1) is 11.8 Å². The Morgan fingerprint density at radius 3 is 2.73 bits per heavy atom. The number of ether oxygens (including phenoxy) is 1. The van der Waals surface area contributed by atoms with Crippen LogP contribution in [0.15, 0.2) is 42.5 Å². The summed E-state index contributed by atoms with van der Waals surface area (Å²) in [6.45, 7) is 6.25. The van der Waals surface area contributed by atoms with Gasteiger partial charge in [-0.2, -0.15) is 0 Å². The lowest BCUT2D eigenvalue weighted by molar-refractivity contribution is 0.0245. The van der Waals surface area contributed by atoms with E-state index in [2.05, 4.69) is 4.98 Å². The van der Waals surface area contributed by atoms with Gasteiger partial charge in [-0.25, -0.2) is 0 Å². The molecule has 1 unspecified atom stereocenters. The Morgan fingerprint density at radius 2 is 2.00 bits per heavy atom. The normalized spacial score (nSPS) is 21.0. The van der Waals surface area contributed by atoms with E-state index in [0.29, 0.717) is 6.61 Å². The third kappa shape index (κ3) is 3.64. The van der Waals surface area contributed by atoms with Crippen molar-refractivity contribution in [3.63, 3.8) is 0 Å². The molecule has 0 radical (unpaired) electrons. The fraction of sp³-hybridized carbons (Fsp3) is 0.429. The molecule has 2 saturated heterocycles. The zero-order chi connectivity index (χ0) is 18.1. The number of rotatable bonds is 4. The molecule has 0 bridgehead atoms. The van der Waals surface area contributed by atoms with Gasteiger partial charge in [0.25, 0.3) is 5.91 Å². The summed E-state index contributed by atoms with van der Waals surface area (Å²) in [6.07, 6.45) is 1.26. The number of benzene rings is 1. The lowest BCUT2D eigenvalue weighted by Gasteiger charge is -2.47. The van der Waals surface area contributed by atoms with E-state index >= 15 is 0 Å². The van der Waals surface area contributed by atoms with Crippen LogP contribution >= 0.6 is 11.8 Å². The van der Waals surface area contributed by atoms with Crippen LogP contribution in [0.4, 0.5) is 0 Å². The van der Waals surface area contributed by atoms with Crippen LogP contribution in [0, 0.1) is 13.8 Å². The highest BCUT2D eigenvalue weighted by Crippen LogP contribution is 2.46. The summed E-state index contributed by atoms with van der Waals surface area (Å²) in [6, 6.07) is 13.9. The minimum absolute atomic E-state index is 0.143. The lowest BCUT2D eigenvalue weighted by Crippen LogP contribution is -2.60. The van der Waals surface area contributed by atoms with Gasteiger partial charge in [-0.3, -0.25) is 9.78 Å². The van der Waals surface area contributed by atoms with Gasteiger partial charge in [0.05, 0.1) is 23.2 Å². The Labute approximate surface area is 159 Å². The number of aryl methyl sites for hydroxylation is 2. The Morgan fingerprint density at radius 1 is 1.23 bits per heavy atom. The first-order valence-corrected chi connectivity index (χ1v) is 10.1. The maximum absolute atomic E-state index is 12.6. The molecule has 1 amide bonds. The van der Waals surface area contributed by atoms with Crippen LogP contribution in [-0.4, -0.2) is 45.5 Å². The second-order valence-corrected chi connectivity index (χ2v) is 8.92. The van der Waals surface area contributed by atoms with Crippen molar-refractivity contribution in [2.75, 3.05) is 18.8 Å². The highest BCUT2D eigenvalue weighted by molar-refractivity contribution is 8.01. The Balaban J connectivity index is 1.28. The van der Waals surface area contributed by atoms with Crippen LogP contribution < -0.4 is 0 Å². The molecule has 2 fully saturated rings. The zero-order valence-corrected chi connectivity index (χ0v) is 16.1. The molecular weight excluding hydrogens is 344 g/mol. The predicted octanol–water partition coefficient (Wildman–Crippen LogP) is 3.62. The first kappa shape index (κ1) is 17.6. The molecule has 1 aromatic heterocycles. The van der Waals surface area contributed by atoms with E-state index in [-0.39, 0.29) is 16.8 Å². The van der Waals surface area contributed by atoms with Crippen LogP contribution in [0.3, 0.4) is 0 Å². The fourth-order valence-corrected chi connectivity index (χ4v) is 5.24. The van der Waals surface area contributed by atoms with Crippen molar-refractivity contribution < 1.29 is 9.53 Å². The maximum atomic E-state index is 12.6. The number of carbonyl (C=O) groups excluding carboxylic acids is 1. The second-order valence-electron chi connectivity index (χ2n) is 7.43. The number of likely N-dealkylation sites (tertiary alicyclic amines) is 1. The van der Waals surface area contributed by atoms with E-state index in [1.807, 2.05) is 73.0 Å². The number of aromatic nitrogens is 1. The maximum Gasteiger partial charge on any atom is 0.253 e. The van der Waals surface area contributed by atoms with Gasteiger partial charge in [0.2, 0.25) is 0 Å². The van der Waals surface area contributed by atoms with Crippen LogP contribution in [-0.2, 0) is 11.3 Å². The summed E-state index contributed by atoms with van der Waals surface area (Å²) < 4.78 is 6.27. The molecule has 136 valence electrons. The molecule has 0 saturated carbocycles. The lowest BCUT2D eigenvalue weighted by atomic mass is 9.92. The van der Waals surface area contributed by atoms with E-state index in [9.17, 15) is 4.79 Å². The van der Waals surface area contributed by atoms with Crippen molar-refractivity contribution in [2.24, 2.45) is 0 Å². The van der Waals surface area contributed by atoms with Gasteiger partial charge in [-0.05, 0) is 44.5 Å². The Bertz CT molecular complexity index is 800. The number of hydrogen-bond acceptors (Lipinski definition) is 4. The van der Waals surface area contributed by atoms with Crippen LogP contribution in [0.1, 0.15) is 33.7 Å². The van der Waals surface area contributed by atoms with Gasteiger partial charge >= 0.3 is 0 Å². The SMILES string of the molecule is Cc1ccc(C(=O)N2CC3(CC(OCc4cccc(C)n4)CS3)C2)cc1. The Kier molecular flexibility index (Phi) is 4.76. The molecular formula is C21H24N2O2S. The molecule has 1 spiro atoms. The zero-order valence-electron chi connectivity index (χ0n) is 15.3. The average molecular weight is 369 g/mol. The molecule has 1 atom stereocenters. The molecule has 4 rings (SSSR count). The van der Waals surface area contributed by atoms with Gasteiger partial charge in [-0.1, -0.05) is 23.8 Å². The number of thioether (sulfide) groups is 1. The minimum Gasteiger partial charge on any atom is -0.371 e. The number of carbonyl (C=O) groups is 1. The van der Waals surface area contributed by atoms with Crippen LogP contribution in [0.25, 0.3) is 0 Å². The van der Waals surface area contributed by atoms with Crippen molar-refractivity contribution in [2.45, 2.75) is 37.7 Å². The van der Waals surface area contributed by atoms with Gasteiger partial charge in [0, 0.05) is 30.1 Å². The summed E-state index contributed by atoms with van der Waals surface area (Å²) >= 11 is 1.96. The van der Waals surface area contributed by atoms with Crippen molar-refractivity contribution in [3.8, 4) is 0 Å². The summed E-state index contributed by atoms with van der Waals surface area (Å²) in [5, 5.41) is 0. The summed E-state index contributed by atoms with van der Waals surface area (Å²) in [5.74, 6) is 1.14. The van der Waals surface area contributed by atoms with E-state index in [0.717, 1.165) is 42.2 Å². The smallest absolute Gasteiger partial charge is 0.253 e. The topological polar surface area (TPSA) is 42.4 Å². The fourth-order valence-electron chi connectivity index (χ4n) is 3.68. The molecule has 0 N–H and O–H groups in total. The minimum atomic E-state index is 0.143. The van der Waals surface area contributed by atoms with Crippen molar-refractivity contribution >= 4 is 17.7 Å². The molecule has 5 heteroatoms. The highest BCUT2D eigenvalue weighted by atomic mass is 32.2. The van der Waals surface area contributed by atoms with Crippen molar-refractivity contribution in [1.29, 1.82) is 0 Å². The number of pyridine rings is 1. The van der Waals surface area contributed by atoms with Crippen LogP contribution in [0.5, 0.6) is 0 Å². The van der Waals surface area contributed by atoms with Crippen molar-refractivity contribution in [3.05, 3.63) is 65.0 Å².